The molecule has 0 saturated carbocycles. The number of non-ortho nitro benzene ring substituents is 1. The summed E-state index contributed by atoms with van der Waals surface area (Å²) < 4.78 is 5.10. The van der Waals surface area contributed by atoms with Crippen molar-refractivity contribution < 1.29 is 14.5 Å². The normalized spacial score (nSPS) is 10.2. The third-order valence-corrected chi connectivity index (χ3v) is 3.40. The van der Waals surface area contributed by atoms with Gasteiger partial charge < -0.3 is 9.72 Å². The van der Waals surface area contributed by atoms with Gasteiger partial charge >= 0.3 is 6.09 Å². The first-order valence-corrected chi connectivity index (χ1v) is 7.39. The molecule has 0 aliphatic carbocycles. The average Bonchev–Trinajstić information content (AvgIpc) is 3.09. The number of benzene rings is 2. The number of aromatic amines is 1. The number of nitro groups is 1. The Morgan fingerprint density at radius 2 is 1.88 bits per heavy atom. The van der Waals surface area contributed by atoms with E-state index < -0.39 is 11.0 Å². The van der Waals surface area contributed by atoms with Gasteiger partial charge in [-0.25, -0.2) is 9.78 Å². The van der Waals surface area contributed by atoms with E-state index in [4.69, 9.17) is 4.74 Å². The number of H-pyrrole nitrogens is 1. The molecule has 1 amide bonds. The highest BCUT2D eigenvalue weighted by molar-refractivity contribution is 5.82. The van der Waals surface area contributed by atoms with Gasteiger partial charge in [-0.15, -0.1) is 0 Å². The van der Waals surface area contributed by atoms with Gasteiger partial charge in [-0.3, -0.25) is 15.4 Å². The number of carbonyl (C=O) groups is 1. The number of nitrogens with zero attached hydrogens (tertiary/aromatic N) is 2. The number of hydrogen-bond acceptors (Lipinski definition) is 5. The minimum absolute atomic E-state index is 0.00565. The lowest BCUT2D eigenvalue weighted by Gasteiger charge is -2.05. The number of anilines is 1. The van der Waals surface area contributed by atoms with Crippen LogP contribution in [0.3, 0.4) is 0 Å². The summed E-state index contributed by atoms with van der Waals surface area (Å²) in [6.45, 7) is 0.155. The molecule has 2 aromatic carbocycles. The molecule has 25 heavy (non-hydrogen) atoms. The molecule has 0 radical (unpaired) electrons. The first-order valence-electron chi connectivity index (χ1n) is 7.39. The van der Waals surface area contributed by atoms with E-state index in [1.165, 1.54) is 18.3 Å². The Bertz CT molecular complexity index is 875. The van der Waals surface area contributed by atoms with Crippen LogP contribution in [0.25, 0.3) is 11.3 Å². The molecule has 8 nitrogen and oxygen atoms in total. The van der Waals surface area contributed by atoms with E-state index in [9.17, 15) is 14.9 Å². The highest BCUT2D eigenvalue weighted by Crippen LogP contribution is 2.21. The molecule has 0 aliphatic heterocycles. The van der Waals surface area contributed by atoms with Crippen LogP contribution in [-0.4, -0.2) is 21.0 Å². The van der Waals surface area contributed by atoms with Crippen molar-refractivity contribution in [1.82, 2.24) is 9.97 Å². The molecule has 1 aromatic heterocycles. The van der Waals surface area contributed by atoms with Gasteiger partial charge in [-0.2, -0.15) is 0 Å². The molecule has 0 aliphatic rings. The maximum Gasteiger partial charge on any atom is 0.414 e. The zero-order valence-corrected chi connectivity index (χ0v) is 13.0. The smallest absolute Gasteiger partial charge is 0.414 e. The van der Waals surface area contributed by atoms with Gasteiger partial charge in [0.25, 0.3) is 5.69 Å². The molecule has 2 N–H and O–H groups in total. The maximum absolute atomic E-state index is 11.8. The van der Waals surface area contributed by atoms with Gasteiger partial charge in [0.2, 0.25) is 5.95 Å². The summed E-state index contributed by atoms with van der Waals surface area (Å²) in [5.74, 6) is 0.228. The summed E-state index contributed by atoms with van der Waals surface area (Å²) >= 11 is 0. The predicted octanol–water partition coefficient (Wildman–Crippen LogP) is 3.73. The number of carbonyl (C=O) groups excluding carboxylic acids is 1. The standard InChI is InChI=1S/C17H14N4O4/c22-17(25-11-12-4-2-1-3-5-12)20-16-18-10-15(19-16)13-6-8-14(9-7-13)21(23)24/h1-10H,11H2,(H2,18,19,20,22). The van der Waals surface area contributed by atoms with Gasteiger partial charge in [0.15, 0.2) is 0 Å². The van der Waals surface area contributed by atoms with Crippen LogP contribution in [0.15, 0.2) is 60.8 Å². The van der Waals surface area contributed by atoms with Crippen molar-refractivity contribution in [1.29, 1.82) is 0 Å². The van der Waals surface area contributed by atoms with Gasteiger partial charge in [0.05, 0.1) is 16.8 Å². The van der Waals surface area contributed by atoms with Crippen LogP contribution in [0.2, 0.25) is 0 Å². The zero-order chi connectivity index (χ0) is 17.6. The van der Waals surface area contributed by atoms with Crippen LogP contribution in [0.1, 0.15) is 5.56 Å². The highest BCUT2D eigenvalue weighted by Gasteiger charge is 2.10. The lowest BCUT2D eigenvalue weighted by Crippen LogP contribution is -2.14. The lowest BCUT2D eigenvalue weighted by molar-refractivity contribution is -0.384. The van der Waals surface area contributed by atoms with Crippen molar-refractivity contribution in [2.75, 3.05) is 5.32 Å². The van der Waals surface area contributed by atoms with Gasteiger partial charge in [-0.1, -0.05) is 30.3 Å². The van der Waals surface area contributed by atoms with Crippen LogP contribution in [-0.2, 0) is 11.3 Å². The van der Waals surface area contributed by atoms with Crippen molar-refractivity contribution in [3.05, 3.63) is 76.5 Å². The third-order valence-electron chi connectivity index (χ3n) is 3.40. The molecule has 1 heterocycles. The van der Waals surface area contributed by atoms with Gasteiger partial charge in [-0.05, 0) is 17.7 Å². The van der Waals surface area contributed by atoms with Gasteiger partial charge in [0, 0.05) is 17.7 Å². The minimum atomic E-state index is -0.631. The van der Waals surface area contributed by atoms with Crippen molar-refractivity contribution in [3.63, 3.8) is 0 Å². The fraction of sp³-hybridized carbons (Fsp3) is 0.0588. The Hall–Kier alpha value is -3.68. The Balaban J connectivity index is 1.59. The molecule has 3 aromatic rings. The molecule has 0 atom stereocenters. The molecule has 0 unspecified atom stereocenters. The van der Waals surface area contributed by atoms with E-state index in [1.807, 2.05) is 30.3 Å². The van der Waals surface area contributed by atoms with E-state index in [2.05, 4.69) is 15.3 Å². The first-order chi connectivity index (χ1) is 12.1. The number of amides is 1. The van der Waals surface area contributed by atoms with Crippen molar-refractivity contribution in [2.45, 2.75) is 6.61 Å². The Morgan fingerprint density at radius 1 is 1.16 bits per heavy atom. The van der Waals surface area contributed by atoms with Gasteiger partial charge in [0.1, 0.15) is 6.61 Å². The molecule has 8 heteroatoms. The number of nitro benzene ring substituents is 1. The summed E-state index contributed by atoms with van der Waals surface area (Å²) in [7, 11) is 0. The number of aromatic nitrogens is 2. The summed E-state index contributed by atoms with van der Waals surface area (Å²) in [5, 5.41) is 13.2. The fourth-order valence-electron chi connectivity index (χ4n) is 2.15. The number of ether oxygens (including phenoxy) is 1. The second-order valence-electron chi connectivity index (χ2n) is 5.14. The Kier molecular flexibility index (Phi) is 4.70. The average molecular weight is 338 g/mol. The molecule has 126 valence electrons. The zero-order valence-electron chi connectivity index (χ0n) is 13.0. The summed E-state index contributed by atoms with van der Waals surface area (Å²) in [6.07, 6.45) is 0.891. The molecule has 0 saturated heterocycles. The summed E-state index contributed by atoms with van der Waals surface area (Å²) in [4.78, 5) is 28.9. The quantitative estimate of drug-likeness (QED) is 0.544. The monoisotopic (exact) mass is 338 g/mol. The largest absolute Gasteiger partial charge is 0.444 e. The Morgan fingerprint density at radius 3 is 2.56 bits per heavy atom. The van der Waals surface area contributed by atoms with Crippen LogP contribution < -0.4 is 5.32 Å². The fourth-order valence-corrected chi connectivity index (χ4v) is 2.15. The van der Waals surface area contributed by atoms with E-state index in [0.29, 0.717) is 11.3 Å². The molecule has 0 spiro atoms. The van der Waals surface area contributed by atoms with Crippen molar-refractivity contribution >= 4 is 17.7 Å². The van der Waals surface area contributed by atoms with E-state index >= 15 is 0 Å². The lowest BCUT2D eigenvalue weighted by atomic mass is 10.1. The number of hydrogen-bond donors (Lipinski definition) is 2. The third kappa shape index (κ3) is 4.20. The van der Waals surface area contributed by atoms with E-state index in [-0.39, 0.29) is 18.2 Å². The number of nitrogens with one attached hydrogen (secondary N) is 2. The topological polar surface area (TPSA) is 110 Å². The van der Waals surface area contributed by atoms with Crippen LogP contribution in [0, 0.1) is 10.1 Å². The van der Waals surface area contributed by atoms with Crippen LogP contribution in [0.4, 0.5) is 16.4 Å². The molecular formula is C17H14N4O4. The SMILES string of the molecule is O=C(Nc1ncc(-c2ccc([N+](=O)[O-])cc2)[nH]1)OCc1ccccc1. The molecule has 3 rings (SSSR count). The number of rotatable bonds is 5. The summed E-state index contributed by atoms with van der Waals surface area (Å²) in [6, 6.07) is 15.3. The first kappa shape index (κ1) is 16.2. The van der Waals surface area contributed by atoms with E-state index in [1.54, 1.807) is 12.1 Å². The van der Waals surface area contributed by atoms with E-state index in [0.717, 1.165) is 5.56 Å². The van der Waals surface area contributed by atoms with Crippen LogP contribution in [0.5, 0.6) is 0 Å². The second-order valence-corrected chi connectivity index (χ2v) is 5.14. The highest BCUT2D eigenvalue weighted by atomic mass is 16.6. The molecular weight excluding hydrogens is 324 g/mol. The Labute approximate surface area is 142 Å². The molecule has 0 fully saturated rings. The maximum atomic E-state index is 11.8. The second kappa shape index (κ2) is 7.26. The molecule has 0 bridgehead atoms. The van der Waals surface area contributed by atoms with Crippen molar-refractivity contribution in [2.24, 2.45) is 0 Å². The van der Waals surface area contributed by atoms with Crippen molar-refractivity contribution in [3.8, 4) is 11.3 Å². The number of imidazole rings is 1. The predicted molar refractivity (Wildman–Crippen MR) is 90.9 cm³/mol. The minimum Gasteiger partial charge on any atom is -0.444 e. The van der Waals surface area contributed by atoms with Crippen LogP contribution >= 0.6 is 0 Å². The summed E-state index contributed by atoms with van der Waals surface area (Å²) in [5.41, 5.74) is 2.21.